The molecule has 0 amide bonds. The first-order valence-electron chi connectivity index (χ1n) is 5.91. The molecule has 22 heavy (non-hydrogen) atoms. The van der Waals surface area contributed by atoms with E-state index in [1.54, 1.807) is 18.2 Å². The Bertz CT molecular complexity index is 766. The third kappa shape index (κ3) is 3.38. The lowest BCUT2D eigenvalue weighted by Gasteiger charge is -2.12. The Labute approximate surface area is 128 Å². The summed E-state index contributed by atoms with van der Waals surface area (Å²) in [7, 11) is 0. The number of rotatable bonds is 3. The molecule has 0 atom stereocenters. The summed E-state index contributed by atoms with van der Waals surface area (Å²) in [6.07, 6.45) is -4.56. The van der Waals surface area contributed by atoms with Gasteiger partial charge < -0.3 is 4.74 Å². The van der Waals surface area contributed by atoms with Crippen molar-refractivity contribution in [3.8, 4) is 17.6 Å². The SMILES string of the molecule is N#Cc1cc(C(F)(F)F)ccc1Oc1ccccc1C(=O)Cl. The highest BCUT2D eigenvalue weighted by atomic mass is 35.5. The number of benzene rings is 2. The Balaban J connectivity index is 2.43. The summed E-state index contributed by atoms with van der Waals surface area (Å²) < 4.78 is 43.2. The van der Waals surface area contributed by atoms with Crippen LogP contribution in [-0.2, 0) is 6.18 Å². The van der Waals surface area contributed by atoms with Gasteiger partial charge in [0, 0.05) is 0 Å². The lowest BCUT2D eigenvalue weighted by molar-refractivity contribution is -0.137. The molecule has 0 spiro atoms. The number of carbonyl (C=O) groups excluding carboxylic acids is 1. The molecule has 0 radical (unpaired) electrons. The second kappa shape index (κ2) is 6.08. The van der Waals surface area contributed by atoms with Crippen LogP contribution in [0.3, 0.4) is 0 Å². The predicted octanol–water partition coefficient (Wildman–Crippen LogP) is 4.75. The van der Waals surface area contributed by atoms with Crippen molar-refractivity contribution in [3.63, 3.8) is 0 Å². The minimum Gasteiger partial charge on any atom is -0.455 e. The van der Waals surface area contributed by atoms with Gasteiger partial charge in [0.15, 0.2) is 0 Å². The second-order valence-electron chi connectivity index (χ2n) is 4.19. The summed E-state index contributed by atoms with van der Waals surface area (Å²) >= 11 is 5.40. The van der Waals surface area contributed by atoms with E-state index in [-0.39, 0.29) is 22.6 Å². The van der Waals surface area contributed by atoms with Gasteiger partial charge in [-0.1, -0.05) is 12.1 Å². The first-order valence-corrected chi connectivity index (χ1v) is 6.29. The van der Waals surface area contributed by atoms with Crippen LogP contribution in [0.25, 0.3) is 0 Å². The fourth-order valence-corrected chi connectivity index (χ4v) is 1.88. The van der Waals surface area contributed by atoms with Gasteiger partial charge in [0.05, 0.1) is 16.7 Å². The molecule has 0 fully saturated rings. The monoisotopic (exact) mass is 325 g/mol. The molecular weight excluding hydrogens is 319 g/mol. The van der Waals surface area contributed by atoms with Gasteiger partial charge in [0.2, 0.25) is 0 Å². The molecule has 2 aromatic rings. The van der Waals surface area contributed by atoms with Gasteiger partial charge in [-0.05, 0) is 41.9 Å². The van der Waals surface area contributed by atoms with E-state index in [0.717, 1.165) is 12.1 Å². The van der Waals surface area contributed by atoms with Crippen molar-refractivity contribution in [1.29, 1.82) is 5.26 Å². The summed E-state index contributed by atoms with van der Waals surface area (Å²) in [6.45, 7) is 0. The lowest BCUT2D eigenvalue weighted by Crippen LogP contribution is -2.05. The van der Waals surface area contributed by atoms with E-state index in [1.165, 1.54) is 12.1 Å². The maximum absolute atomic E-state index is 12.6. The first-order chi connectivity index (χ1) is 10.3. The van der Waals surface area contributed by atoms with E-state index in [4.69, 9.17) is 21.6 Å². The Morgan fingerprint density at radius 1 is 1.14 bits per heavy atom. The zero-order valence-corrected chi connectivity index (χ0v) is 11.6. The average molecular weight is 326 g/mol. The number of ether oxygens (including phenoxy) is 1. The van der Waals surface area contributed by atoms with Gasteiger partial charge in [-0.25, -0.2) is 0 Å². The number of halogens is 4. The van der Waals surface area contributed by atoms with Crippen LogP contribution in [-0.4, -0.2) is 5.24 Å². The Morgan fingerprint density at radius 2 is 1.82 bits per heavy atom. The van der Waals surface area contributed by atoms with Gasteiger partial charge >= 0.3 is 6.18 Å². The third-order valence-electron chi connectivity index (χ3n) is 2.75. The van der Waals surface area contributed by atoms with Crippen molar-refractivity contribution < 1.29 is 22.7 Å². The first kappa shape index (κ1) is 15.9. The summed E-state index contributed by atoms with van der Waals surface area (Å²) in [6, 6.07) is 10.1. The third-order valence-corrected chi connectivity index (χ3v) is 2.95. The molecule has 7 heteroatoms. The minimum atomic E-state index is -4.56. The number of alkyl halides is 3. The molecule has 0 bridgehead atoms. The molecule has 3 nitrogen and oxygen atoms in total. The standard InChI is InChI=1S/C15H7ClF3NO2/c16-14(21)11-3-1-2-4-13(11)22-12-6-5-10(15(17,18)19)7-9(12)8-20/h1-7H. The minimum absolute atomic E-state index is 0.0490. The van der Waals surface area contributed by atoms with Crippen LogP contribution in [0.5, 0.6) is 11.5 Å². The molecule has 2 rings (SSSR count). The van der Waals surface area contributed by atoms with Gasteiger partial charge in [-0.3, -0.25) is 4.79 Å². The van der Waals surface area contributed by atoms with E-state index in [2.05, 4.69) is 0 Å². The van der Waals surface area contributed by atoms with Crippen LogP contribution in [0.15, 0.2) is 42.5 Å². The van der Waals surface area contributed by atoms with Crippen LogP contribution in [0, 0.1) is 11.3 Å². The van der Waals surface area contributed by atoms with E-state index in [1.807, 2.05) is 0 Å². The fraction of sp³-hybridized carbons (Fsp3) is 0.0667. The van der Waals surface area contributed by atoms with Crippen molar-refractivity contribution >= 4 is 16.8 Å². The molecule has 112 valence electrons. The molecule has 0 saturated carbocycles. The zero-order valence-electron chi connectivity index (χ0n) is 10.8. The highest BCUT2D eigenvalue weighted by Gasteiger charge is 2.31. The van der Waals surface area contributed by atoms with E-state index < -0.39 is 17.0 Å². The topological polar surface area (TPSA) is 50.1 Å². The highest BCUT2D eigenvalue weighted by molar-refractivity contribution is 6.68. The van der Waals surface area contributed by atoms with Gasteiger partial charge in [0.1, 0.15) is 17.6 Å². The summed E-state index contributed by atoms with van der Waals surface area (Å²) in [5.41, 5.74) is -1.21. The van der Waals surface area contributed by atoms with E-state index >= 15 is 0 Å². The van der Waals surface area contributed by atoms with Crippen LogP contribution in [0.1, 0.15) is 21.5 Å². The highest BCUT2D eigenvalue weighted by Crippen LogP contribution is 2.34. The number of carbonyl (C=O) groups is 1. The maximum Gasteiger partial charge on any atom is 0.416 e. The van der Waals surface area contributed by atoms with Crippen LogP contribution < -0.4 is 4.74 Å². The van der Waals surface area contributed by atoms with Crippen molar-refractivity contribution in [3.05, 3.63) is 59.2 Å². The van der Waals surface area contributed by atoms with Gasteiger partial charge in [-0.2, -0.15) is 18.4 Å². The molecule has 0 N–H and O–H groups in total. The number of hydrogen-bond donors (Lipinski definition) is 0. The number of hydrogen-bond acceptors (Lipinski definition) is 3. The molecular formula is C15H7ClF3NO2. The molecule has 0 heterocycles. The van der Waals surface area contributed by atoms with Crippen LogP contribution in [0.4, 0.5) is 13.2 Å². The molecule has 2 aromatic carbocycles. The summed E-state index contributed by atoms with van der Waals surface area (Å²) in [5.74, 6) is -0.0420. The average Bonchev–Trinajstić information content (AvgIpc) is 2.46. The van der Waals surface area contributed by atoms with Crippen molar-refractivity contribution in [2.75, 3.05) is 0 Å². The maximum atomic E-state index is 12.6. The number of para-hydroxylation sites is 1. The Morgan fingerprint density at radius 3 is 2.41 bits per heavy atom. The Hall–Kier alpha value is -2.52. The number of nitrogens with zero attached hydrogens (tertiary/aromatic N) is 1. The molecule has 0 aromatic heterocycles. The van der Waals surface area contributed by atoms with Crippen molar-refractivity contribution in [2.45, 2.75) is 6.18 Å². The van der Waals surface area contributed by atoms with Crippen LogP contribution >= 0.6 is 11.6 Å². The summed E-state index contributed by atoms with van der Waals surface area (Å²) in [5, 5.41) is 8.20. The molecule has 0 aliphatic carbocycles. The molecule has 0 aliphatic rings. The Kier molecular flexibility index (Phi) is 4.38. The normalized spacial score (nSPS) is 10.9. The smallest absolute Gasteiger partial charge is 0.416 e. The molecule has 0 aliphatic heterocycles. The van der Waals surface area contributed by atoms with Gasteiger partial charge in [0.25, 0.3) is 5.24 Å². The number of nitriles is 1. The summed E-state index contributed by atoms with van der Waals surface area (Å²) in [4.78, 5) is 11.3. The van der Waals surface area contributed by atoms with Crippen molar-refractivity contribution in [1.82, 2.24) is 0 Å². The fourth-order valence-electron chi connectivity index (χ4n) is 1.72. The van der Waals surface area contributed by atoms with Crippen LogP contribution in [0.2, 0.25) is 0 Å². The lowest BCUT2D eigenvalue weighted by atomic mass is 10.1. The molecule has 0 saturated heterocycles. The van der Waals surface area contributed by atoms with E-state index in [9.17, 15) is 18.0 Å². The quantitative estimate of drug-likeness (QED) is 0.765. The van der Waals surface area contributed by atoms with Crippen molar-refractivity contribution in [2.24, 2.45) is 0 Å². The largest absolute Gasteiger partial charge is 0.455 e. The predicted molar refractivity (Wildman–Crippen MR) is 72.9 cm³/mol. The van der Waals surface area contributed by atoms with Gasteiger partial charge in [-0.15, -0.1) is 0 Å². The zero-order chi connectivity index (χ0) is 16.3. The molecule has 0 unspecified atom stereocenters. The second-order valence-corrected chi connectivity index (χ2v) is 4.54. The van der Waals surface area contributed by atoms with E-state index in [0.29, 0.717) is 6.07 Å².